The summed E-state index contributed by atoms with van der Waals surface area (Å²) < 4.78 is 5.47. The zero-order chi connectivity index (χ0) is 12.9. The van der Waals surface area contributed by atoms with Crippen molar-refractivity contribution in [2.75, 3.05) is 0 Å². The van der Waals surface area contributed by atoms with E-state index >= 15 is 0 Å². The van der Waals surface area contributed by atoms with E-state index in [0.29, 0.717) is 12.1 Å². The summed E-state index contributed by atoms with van der Waals surface area (Å²) in [5.41, 5.74) is 6.76. The molecule has 2 unspecified atom stereocenters. The molecular weight excluding hydrogens is 228 g/mol. The number of nitrogens with zero attached hydrogens (tertiary/aromatic N) is 1. The average molecular weight is 248 g/mol. The first-order valence-corrected chi connectivity index (χ1v) is 6.71. The third-order valence-corrected chi connectivity index (χ3v) is 4.28. The molecule has 98 valence electrons. The minimum absolute atomic E-state index is 0.128. The topological polar surface area (TPSA) is 59.5 Å². The van der Waals surface area contributed by atoms with E-state index in [9.17, 15) is 4.79 Å². The van der Waals surface area contributed by atoms with Crippen LogP contribution in [0, 0.1) is 13.8 Å². The van der Waals surface area contributed by atoms with E-state index < -0.39 is 0 Å². The van der Waals surface area contributed by atoms with Crippen LogP contribution < -0.4 is 5.73 Å². The Kier molecular flexibility index (Phi) is 2.70. The molecule has 4 nitrogen and oxygen atoms in total. The first kappa shape index (κ1) is 11.8. The summed E-state index contributed by atoms with van der Waals surface area (Å²) in [6.07, 6.45) is 4.08. The highest BCUT2D eigenvalue weighted by atomic mass is 16.3. The van der Waals surface area contributed by atoms with Crippen LogP contribution in [-0.2, 0) is 0 Å². The number of carbonyl (C=O) groups excluding carboxylic acids is 1. The highest BCUT2D eigenvalue weighted by Crippen LogP contribution is 2.36. The Morgan fingerprint density at radius 2 is 1.94 bits per heavy atom. The number of fused-ring (bicyclic) bond motifs is 2. The Labute approximate surface area is 107 Å². The molecule has 0 spiro atoms. The molecule has 3 rings (SSSR count). The summed E-state index contributed by atoms with van der Waals surface area (Å²) in [5.74, 6) is 1.66. The molecule has 0 radical (unpaired) electrons. The summed E-state index contributed by atoms with van der Waals surface area (Å²) in [6, 6.07) is 2.78. The van der Waals surface area contributed by atoms with Crippen molar-refractivity contribution in [3.05, 3.63) is 23.2 Å². The second kappa shape index (κ2) is 4.12. The van der Waals surface area contributed by atoms with Gasteiger partial charge in [-0.3, -0.25) is 4.79 Å². The van der Waals surface area contributed by atoms with Gasteiger partial charge >= 0.3 is 0 Å². The van der Waals surface area contributed by atoms with Gasteiger partial charge in [0.25, 0.3) is 5.91 Å². The largest absolute Gasteiger partial charge is 0.466 e. The summed E-state index contributed by atoms with van der Waals surface area (Å²) in [6.45, 7) is 3.74. The van der Waals surface area contributed by atoms with E-state index in [2.05, 4.69) is 4.90 Å². The van der Waals surface area contributed by atoms with Gasteiger partial charge in [0.15, 0.2) is 0 Å². The quantitative estimate of drug-likeness (QED) is 0.826. The van der Waals surface area contributed by atoms with E-state index in [1.807, 2.05) is 19.9 Å². The van der Waals surface area contributed by atoms with Crippen molar-refractivity contribution in [3.63, 3.8) is 0 Å². The molecule has 0 aromatic carbocycles. The van der Waals surface area contributed by atoms with Crippen LogP contribution in [0.4, 0.5) is 0 Å². The molecule has 1 amide bonds. The molecule has 1 aromatic heterocycles. The standard InChI is InChI=1S/C14H20N2O2/c1-8-5-13(9(2)18-8)14(17)16-11-3-4-12(16)7-10(15)6-11/h5,10-12H,3-4,6-7,15H2,1-2H3. The maximum absolute atomic E-state index is 12.6. The molecule has 2 saturated heterocycles. The predicted octanol–water partition coefficient (Wildman–Crippen LogP) is 1.99. The fourth-order valence-corrected chi connectivity index (χ4v) is 3.53. The van der Waals surface area contributed by atoms with Crippen LogP contribution in [0.1, 0.15) is 47.6 Å². The van der Waals surface area contributed by atoms with E-state index in [-0.39, 0.29) is 11.9 Å². The van der Waals surface area contributed by atoms with Gasteiger partial charge in [-0.25, -0.2) is 0 Å². The molecule has 2 aliphatic rings. The number of rotatable bonds is 1. The summed E-state index contributed by atoms with van der Waals surface area (Å²) in [4.78, 5) is 14.7. The molecule has 2 aliphatic heterocycles. The highest BCUT2D eigenvalue weighted by Gasteiger charge is 2.43. The van der Waals surface area contributed by atoms with Gasteiger partial charge in [0.1, 0.15) is 11.5 Å². The summed E-state index contributed by atoms with van der Waals surface area (Å²) in [7, 11) is 0. The van der Waals surface area contributed by atoms with Crippen molar-refractivity contribution in [1.82, 2.24) is 4.90 Å². The Balaban J connectivity index is 1.88. The fourth-order valence-electron chi connectivity index (χ4n) is 3.53. The molecule has 2 fully saturated rings. The van der Waals surface area contributed by atoms with Crippen LogP contribution in [0.15, 0.2) is 10.5 Å². The molecule has 1 aromatic rings. The molecule has 0 aliphatic carbocycles. The van der Waals surface area contributed by atoms with Gasteiger partial charge in [-0.15, -0.1) is 0 Å². The van der Waals surface area contributed by atoms with E-state index in [0.717, 1.165) is 42.8 Å². The summed E-state index contributed by atoms with van der Waals surface area (Å²) in [5, 5.41) is 0. The van der Waals surface area contributed by atoms with Gasteiger partial charge in [-0.2, -0.15) is 0 Å². The van der Waals surface area contributed by atoms with E-state index in [4.69, 9.17) is 10.2 Å². The van der Waals surface area contributed by atoms with Gasteiger partial charge < -0.3 is 15.1 Å². The number of piperidine rings is 1. The lowest BCUT2D eigenvalue weighted by atomic mass is 9.97. The van der Waals surface area contributed by atoms with Crippen LogP contribution in [0.5, 0.6) is 0 Å². The van der Waals surface area contributed by atoms with Gasteiger partial charge in [0, 0.05) is 18.1 Å². The Morgan fingerprint density at radius 3 is 2.44 bits per heavy atom. The molecule has 3 heterocycles. The fraction of sp³-hybridized carbons (Fsp3) is 0.643. The lowest BCUT2D eigenvalue weighted by molar-refractivity contribution is 0.0573. The van der Waals surface area contributed by atoms with Crippen molar-refractivity contribution in [2.24, 2.45) is 5.73 Å². The molecule has 18 heavy (non-hydrogen) atoms. The lowest BCUT2D eigenvalue weighted by Gasteiger charge is -2.37. The molecule has 2 N–H and O–H groups in total. The molecular formula is C14H20N2O2. The smallest absolute Gasteiger partial charge is 0.257 e. The number of amides is 1. The molecule has 2 bridgehead atoms. The second-order valence-corrected chi connectivity index (χ2v) is 5.66. The number of nitrogens with two attached hydrogens (primary N) is 1. The van der Waals surface area contributed by atoms with Gasteiger partial charge in [-0.05, 0) is 45.6 Å². The first-order chi connectivity index (χ1) is 8.56. The van der Waals surface area contributed by atoms with E-state index in [1.54, 1.807) is 0 Å². The maximum atomic E-state index is 12.6. The Morgan fingerprint density at radius 1 is 1.33 bits per heavy atom. The second-order valence-electron chi connectivity index (χ2n) is 5.66. The van der Waals surface area contributed by atoms with Crippen molar-refractivity contribution in [1.29, 1.82) is 0 Å². The average Bonchev–Trinajstić information content (AvgIpc) is 2.76. The van der Waals surface area contributed by atoms with Crippen LogP contribution >= 0.6 is 0 Å². The lowest BCUT2D eigenvalue weighted by Crippen LogP contribution is -2.50. The number of furan rings is 1. The van der Waals surface area contributed by atoms with Crippen LogP contribution in [0.2, 0.25) is 0 Å². The number of hydrogen-bond donors (Lipinski definition) is 1. The maximum Gasteiger partial charge on any atom is 0.257 e. The molecule has 2 atom stereocenters. The monoisotopic (exact) mass is 248 g/mol. The van der Waals surface area contributed by atoms with Crippen LogP contribution in [0.25, 0.3) is 0 Å². The van der Waals surface area contributed by atoms with Crippen molar-refractivity contribution in [3.8, 4) is 0 Å². The highest BCUT2D eigenvalue weighted by molar-refractivity contribution is 5.96. The van der Waals surface area contributed by atoms with Crippen LogP contribution in [0.3, 0.4) is 0 Å². The van der Waals surface area contributed by atoms with E-state index in [1.165, 1.54) is 0 Å². The predicted molar refractivity (Wildman–Crippen MR) is 68.4 cm³/mol. The number of carbonyl (C=O) groups is 1. The molecule has 4 heteroatoms. The summed E-state index contributed by atoms with van der Waals surface area (Å²) >= 11 is 0. The minimum Gasteiger partial charge on any atom is -0.466 e. The normalized spacial score (nSPS) is 30.8. The van der Waals surface area contributed by atoms with Crippen molar-refractivity contribution < 1.29 is 9.21 Å². The number of aryl methyl sites for hydroxylation is 2. The van der Waals surface area contributed by atoms with Gasteiger partial charge in [0.2, 0.25) is 0 Å². The van der Waals surface area contributed by atoms with Crippen molar-refractivity contribution in [2.45, 2.75) is 57.7 Å². The Bertz CT molecular complexity index is 466. The van der Waals surface area contributed by atoms with Gasteiger partial charge in [-0.1, -0.05) is 0 Å². The molecule has 0 saturated carbocycles. The Hall–Kier alpha value is -1.29. The first-order valence-electron chi connectivity index (χ1n) is 6.71. The van der Waals surface area contributed by atoms with Gasteiger partial charge in [0.05, 0.1) is 5.56 Å². The van der Waals surface area contributed by atoms with Crippen LogP contribution in [-0.4, -0.2) is 28.9 Å². The zero-order valence-corrected chi connectivity index (χ0v) is 11.0. The minimum atomic E-state index is 0.128. The van der Waals surface area contributed by atoms with Crippen molar-refractivity contribution >= 4 is 5.91 Å². The third kappa shape index (κ3) is 1.75. The number of hydrogen-bond acceptors (Lipinski definition) is 3. The SMILES string of the molecule is Cc1cc(C(=O)N2C3CCC2CC(N)C3)c(C)o1. The zero-order valence-electron chi connectivity index (χ0n) is 11.0. The third-order valence-electron chi connectivity index (χ3n) is 4.28.